The second-order valence-corrected chi connectivity index (χ2v) is 5.86. The van der Waals surface area contributed by atoms with Gasteiger partial charge < -0.3 is 9.30 Å². The van der Waals surface area contributed by atoms with Gasteiger partial charge in [-0.05, 0) is 42.8 Å². The number of hydrogen-bond acceptors (Lipinski definition) is 2. The zero-order valence-corrected chi connectivity index (χ0v) is 14.0. The lowest BCUT2D eigenvalue weighted by Gasteiger charge is -2.10. The topological polar surface area (TPSA) is 27.1 Å². The summed E-state index contributed by atoms with van der Waals surface area (Å²) in [6.07, 6.45) is 5.02. The maximum atomic E-state index is 5.26. The summed E-state index contributed by atoms with van der Waals surface area (Å²) < 4.78 is 7.61. The van der Waals surface area contributed by atoms with Gasteiger partial charge in [0.1, 0.15) is 11.6 Å². The Balaban J connectivity index is 1.96. The molecule has 2 aromatic carbocycles. The smallest absolute Gasteiger partial charge is 0.141 e. The highest BCUT2D eigenvalue weighted by atomic mass is 16.5. The Bertz CT molecular complexity index is 759. The molecule has 1 aromatic heterocycles. The molecule has 0 saturated carbocycles. The van der Waals surface area contributed by atoms with E-state index in [2.05, 4.69) is 47.9 Å². The quantitative estimate of drug-likeness (QED) is 0.554. The van der Waals surface area contributed by atoms with E-state index in [9.17, 15) is 0 Å². The first-order chi connectivity index (χ1) is 11.3. The fourth-order valence-corrected chi connectivity index (χ4v) is 2.96. The van der Waals surface area contributed by atoms with Crippen molar-refractivity contribution >= 4 is 11.0 Å². The van der Waals surface area contributed by atoms with E-state index in [-0.39, 0.29) is 0 Å². The van der Waals surface area contributed by atoms with Crippen LogP contribution in [0.15, 0.2) is 48.5 Å². The maximum absolute atomic E-state index is 5.26. The van der Waals surface area contributed by atoms with Crippen LogP contribution < -0.4 is 4.74 Å². The molecule has 3 heteroatoms. The zero-order chi connectivity index (χ0) is 16.1. The van der Waals surface area contributed by atoms with Gasteiger partial charge in [-0.25, -0.2) is 4.98 Å². The minimum atomic E-state index is 0.874. The van der Waals surface area contributed by atoms with Crippen LogP contribution in [0.25, 0.3) is 22.4 Å². The summed E-state index contributed by atoms with van der Waals surface area (Å²) in [6.45, 7) is 3.26. The normalized spacial score (nSPS) is 11.0. The molecule has 0 bridgehead atoms. The van der Waals surface area contributed by atoms with Crippen LogP contribution >= 0.6 is 0 Å². The minimum absolute atomic E-state index is 0.874. The fraction of sp³-hybridized carbons (Fsp3) is 0.350. The van der Waals surface area contributed by atoms with Crippen molar-refractivity contribution in [3.05, 3.63) is 48.5 Å². The number of aromatic nitrogens is 2. The molecule has 23 heavy (non-hydrogen) atoms. The number of rotatable bonds is 7. The molecule has 120 valence electrons. The third kappa shape index (κ3) is 3.39. The molecule has 0 spiro atoms. The van der Waals surface area contributed by atoms with Crippen molar-refractivity contribution in [2.24, 2.45) is 0 Å². The third-order valence-corrected chi connectivity index (χ3v) is 4.24. The second kappa shape index (κ2) is 7.32. The van der Waals surface area contributed by atoms with Crippen LogP contribution in [0, 0.1) is 0 Å². The van der Waals surface area contributed by atoms with E-state index in [1.165, 1.54) is 31.2 Å². The summed E-state index contributed by atoms with van der Waals surface area (Å²) in [6, 6.07) is 16.6. The Hall–Kier alpha value is -2.29. The molecule has 3 rings (SSSR count). The van der Waals surface area contributed by atoms with E-state index < -0.39 is 0 Å². The predicted molar refractivity (Wildman–Crippen MR) is 95.9 cm³/mol. The van der Waals surface area contributed by atoms with Crippen LogP contribution in [-0.4, -0.2) is 16.7 Å². The number of para-hydroxylation sites is 2. The zero-order valence-electron chi connectivity index (χ0n) is 14.0. The van der Waals surface area contributed by atoms with Crippen LogP contribution in [-0.2, 0) is 6.54 Å². The Morgan fingerprint density at radius 3 is 2.48 bits per heavy atom. The average molecular weight is 308 g/mol. The van der Waals surface area contributed by atoms with E-state index in [1.807, 2.05) is 12.1 Å². The Morgan fingerprint density at radius 1 is 0.957 bits per heavy atom. The summed E-state index contributed by atoms with van der Waals surface area (Å²) in [5.41, 5.74) is 3.42. The third-order valence-electron chi connectivity index (χ3n) is 4.24. The summed E-state index contributed by atoms with van der Waals surface area (Å²) in [4.78, 5) is 4.86. The van der Waals surface area contributed by atoms with Crippen molar-refractivity contribution in [3.63, 3.8) is 0 Å². The molecule has 0 unspecified atom stereocenters. The lowest BCUT2D eigenvalue weighted by Crippen LogP contribution is -2.01. The molecular formula is C20H24N2O. The molecule has 0 N–H and O–H groups in total. The summed E-state index contributed by atoms with van der Waals surface area (Å²) in [5.74, 6) is 1.92. The summed E-state index contributed by atoms with van der Waals surface area (Å²) >= 11 is 0. The molecule has 0 radical (unpaired) electrons. The Morgan fingerprint density at radius 2 is 1.74 bits per heavy atom. The van der Waals surface area contributed by atoms with Gasteiger partial charge in [0.25, 0.3) is 0 Å². The van der Waals surface area contributed by atoms with Crippen molar-refractivity contribution in [3.8, 4) is 17.1 Å². The minimum Gasteiger partial charge on any atom is -0.497 e. The van der Waals surface area contributed by atoms with Gasteiger partial charge in [-0.2, -0.15) is 0 Å². The number of unbranched alkanes of at least 4 members (excludes halogenated alkanes) is 3. The molecule has 3 nitrogen and oxygen atoms in total. The van der Waals surface area contributed by atoms with Gasteiger partial charge in [0.05, 0.1) is 18.1 Å². The first-order valence-electron chi connectivity index (χ1n) is 8.43. The number of imidazole rings is 1. The first kappa shape index (κ1) is 15.6. The molecule has 0 amide bonds. The lowest BCUT2D eigenvalue weighted by atomic mass is 10.2. The van der Waals surface area contributed by atoms with Crippen molar-refractivity contribution in [2.75, 3.05) is 7.11 Å². The van der Waals surface area contributed by atoms with Gasteiger partial charge in [0.15, 0.2) is 0 Å². The molecule has 0 saturated heterocycles. The fourth-order valence-electron chi connectivity index (χ4n) is 2.96. The number of hydrogen-bond donors (Lipinski definition) is 0. The Kier molecular flexibility index (Phi) is 4.96. The van der Waals surface area contributed by atoms with Crippen molar-refractivity contribution in [1.29, 1.82) is 0 Å². The number of aryl methyl sites for hydroxylation is 1. The van der Waals surface area contributed by atoms with Crippen molar-refractivity contribution < 1.29 is 4.74 Å². The second-order valence-electron chi connectivity index (χ2n) is 5.86. The van der Waals surface area contributed by atoms with Crippen LogP contribution in [0.5, 0.6) is 5.75 Å². The van der Waals surface area contributed by atoms with Crippen molar-refractivity contribution in [2.45, 2.75) is 39.2 Å². The van der Waals surface area contributed by atoms with Gasteiger partial charge >= 0.3 is 0 Å². The van der Waals surface area contributed by atoms with Crippen molar-refractivity contribution in [1.82, 2.24) is 9.55 Å². The molecule has 3 aromatic rings. The Labute approximate surface area is 137 Å². The van der Waals surface area contributed by atoms with E-state index in [1.54, 1.807) is 7.11 Å². The monoisotopic (exact) mass is 308 g/mol. The molecular weight excluding hydrogens is 284 g/mol. The number of nitrogens with zero attached hydrogens (tertiary/aromatic N) is 2. The van der Waals surface area contributed by atoms with Gasteiger partial charge in [-0.1, -0.05) is 38.3 Å². The number of benzene rings is 2. The first-order valence-corrected chi connectivity index (χ1v) is 8.43. The molecule has 0 aliphatic heterocycles. The molecule has 0 aliphatic rings. The van der Waals surface area contributed by atoms with Gasteiger partial charge in [-0.3, -0.25) is 0 Å². The molecule has 0 fully saturated rings. The molecule has 1 heterocycles. The van der Waals surface area contributed by atoms with Crippen LogP contribution in [0.2, 0.25) is 0 Å². The van der Waals surface area contributed by atoms with E-state index >= 15 is 0 Å². The summed E-state index contributed by atoms with van der Waals surface area (Å²) in [5, 5.41) is 0. The highest BCUT2D eigenvalue weighted by molar-refractivity contribution is 5.80. The SMILES string of the molecule is CCCCCCn1c(-c2ccc(OC)cc2)nc2ccccc21. The predicted octanol–water partition coefficient (Wildman–Crippen LogP) is 5.29. The molecule has 0 aliphatic carbocycles. The summed E-state index contributed by atoms with van der Waals surface area (Å²) in [7, 11) is 1.69. The number of fused-ring (bicyclic) bond motifs is 1. The number of ether oxygens (including phenoxy) is 1. The number of methoxy groups -OCH3 is 1. The largest absolute Gasteiger partial charge is 0.497 e. The van der Waals surface area contributed by atoms with Crippen LogP contribution in [0.3, 0.4) is 0 Å². The van der Waals surface area contributed by atoms with Gasteiger partial charge in [0.2, 0.25) is 0 Å². The van der Waals surface area contributed by atoms with Crippen LogP contribution in [0.4, 0.5) is 0 Å². The van der Waals surface area contributed by atoms with Gasteiger partial charge in [-0.15, -0.1) is 0 Å². The standard InChI is InChI=1S/C20H24N2O/c1-3-4-5-8-15-22-19-10-7-6-9-18(19)21-20(22)16-11-13-17(23-2)14-12-16/h6-7,9-14H,3-5,8,15H2,1-2H3. The highest BCUT2D eigenvalue weighted by Gasteiger charge is 2.12. The maximum Gasteiger partial charge on any atom is 0.141 e. The van der Waals surface area contributed by atoms with Gasteiger partial charge in [0, 0.05) is 12.1 Å². The van der Waals surface area contributed by atoms with Crippen LogP contribution in [0.1, 0.15) is 32.6 Å². The van der Waals surface area contributed by atoms with E-state index in [4.69, 9.17) is 9.72 Å². The van der Waals surface area contributed by atoms with E-state index in [0.29, 0.717) is 0 Å². The molecule has 0 atom stereocenters. The van der Waals surface area contributed by atoms with E-state index in [0.717, 1.165) is 29.2 Å². The lowest BCUT2D eigenvalue weighted by molar-refractivity contribution is 0.415. The average Bonchev–Trinajstić information content (AvgIpc) is 2.97. The highest BCUT2D eigenvalue weighted by Crippen LogP contribution is 2.27.